The standard InChI is InChI=1S/C24H21ClN8O2/c1-14(30-35)16-12-26-21-19(16)23(28-13-27-21)31-10-5-8-18(31)22-29-32-11-9-17(25)20(32)24(34)33(22)15-6-3-2-4-7-15/h2-4,6-7,9,11-13,18,35H,5,8,10H2,1H3,(H,26,27,28)/b30-14+/t18-/m0/s1. The zero-order valence-electron chi connectivity index (χ0n) is 18.8. The molecule has 0 spiro atoms. The van der Waals surface area contributed by atoms with E-state index < -0.39 is 0 Å². The summed E-state index contributed by atoms with van der Waals surface area (Å²) in [6, 6.07) is 10.9. The van der Waals surface area contributed by atoms with E-state index in [-0.39, 0.29) is 11.6 Å². The van der Waals surface area contributed by atoms with Crippen LogP contribution in [-0.2, 0) is 0 Å². The predicted molar refractivity (Wildman–Crippen MR) is 133 cm³/mol. The lowest BCUT2D eigenvalue weighted by Crippen LogP contribution is -2.33. The van der Waals surface area contributed by atoms with E-state index in [4.69, 9.17) is 16.7 Å². The second-order valence-corrected chi connectivity index (χ2v) is 8.86. The maximum Gasteiger partial charge on any atom is 0.284 e. The second-order valence-electron chi connectivity index (χ2n) is 8.45. The van der Waals surface area contributed by atoms with Crippen molar-refractivity contribution in [3.63, 3.8) is 0 Å². The number of halogens is 1. The smallest absolute Gasteiger partial charge is 0.284 e. The summed E-state index contributed by atoms with van der Waals surface area (Å²) in [5.41, 5.74) is 2.61. The fourth-order valence-electron chi connectivity index (χ4n) is 4.88. The number of fused-ring (bicyclic) bond motifs is 2. The van der Waals surface area contributed by atoms with Gasteiger partial charge in [0, 0.05) is 24.5 Å². The Morgan fingerprint density at radius 3 is 2.86 bits per heavy atom. The first kappa shape index (κ1) is 21.4. The molecule has 1 atom stereocenters. The van der Waals surface area contributed by atoms with Crippen LogP contribution in [-0.4, -0.2) is 46.6 Å². The Morgan fingerprint density at radius 1 is 1.23 bits per heavy atom. The number of anilines is 1. The normalized spacial score (nSPS) is 16.6. The molecule has 35 heavy (non-hydrogen) atoms. The molecule has 0 bridgehead atoms. The van der Waals surface area contributed by atoms with Crippen molar-refractivity contribution in [1.82, 2.24) is 29.1 Å². The number of aromatic nitrogens is 6. The van der Waals surface area contributed by atoms with Crippen LogP contribution in [0.4, 0.5) is 5.82 Å². The maximum absolute atomic E-state index is 13.7. The largest absolute Gasteiger partial charge is 0.411 e. The first-order chi connectivity index (χ1) is 17.1. The van der Waals surface area contributed by atoms with Gasteiger partial charge in [-0.3, -0.25) is 9.36 Å². The average molecular weight is 489 g/mol. The van der Waals surface area contributed by atoms with Gasteiger partial charge in [-0.05, 0) is 38.0 Å². The summed E-state index contributed by atoms with van der Waals surface area (Å²) in [5, 5.41) is 18.8. The lowest BCUT2D eigenvalue weighted by Gasteiger charge is -2.28. The van der Waals surface area contributed by atoms with Crippen molar-refractivity contribution in [2.45, 2.75) is 25.8 Å². The minimum atomic E-state index is -0.235. The fourth-order valence-corrected chi connectivity index (χ4v) is 5.11. The van der Waals surface area contributed by atoms with Crippen LogP contribution in [0, 0.1) is 0 Å². The molecule has 0 unspecified atom stereocenters. The van der Waals surface area contributed by atoms with Crippen LogP contribution in [0.3, 0.4) is 0 Å². The molecule has 0 saturated carbocycles. The van der Waals surface area contributed by atoms with Crippen molar-refractivity contribution >= 4 is 39.7 Å². The molecule has 1 aliphatic rings. The summed E-state index contributed by atoms with van der Waals surface area (Å²) in [6.07, 6.45) is 6.63. The van der Waals surface area contributed by atoms with E-state index >= 15 is 0 Å². The summed E-state index contributed by atoms with van der Waals surface area (Å²) >= 11 is 6.35. The monoisotopic (exact) mass is 488 g/mol. The van der Waals surface area contributed by atoms with Gasteiger partial charge in [-0.2, -0.15) is 5.10 Å². The van der Waals surface area contributed by atoms with Crippen LogP contribution in [0.15, 0.2) is 65.1 Å². The number of H-pyrrole nitrogens is 1. The quantitative estimate of drug-likeness (QED) is 0.225. The minimum absolute atomic E-state index is 0.235. The third kappa shape index (κ3) is 3.28. The zero-order valence-corrected chi connectivity index (χ0v) is 19.5. The molecule has 0 radical (unpaired) electrons. The number of rotatable bonds is 4. The van der Waals surface area contributed by atoms with Gasteiger partial charge in [0.15, 0.2) is 5.82 Å². The van der Waals surface area contributed by atoms with Gasteiger partial charge >= 0.3 is 0 Å². The molecule has 1 aromatic carbocycles. The number of nitrogens with zero attached hydrogens (tertiary/aromatic N) is 7. The Labute approximate surface area is 204 Å². The molecule has 2 N–H and O–H groups in total. The van der Waals surface area contributed by atoms with Crippen LogP contribution in [0.25, 0.3) is 22.2 Å². The third-order valence-electron chi connectivity index (χ3n) is 6.49. The van der Waals surface area contributed by atoms with E-state index in [9.17, 15) is 10.0 Å². The highest BCUT2D eigenvalue weighted by atomic mass is 35.5. The van der Waals surface area contributed by atoms with Crippen LogP contribution in [0.1, 0.15) is 37.2 Å². The Balaban J connectivity index is 1.59. The third-order valence-corrected chi connectivity index (χ3v) is 6.79. The highest BCUT2D eigenvalue weighted by Crippen LogP contribution is 2.38. The molecule has 1 aliphatic heterocycles. The number of hydrogen-bond acceptors (Lipinski definition) is 7. The van der Waals surface area contributed by atoms with Gasteiger partial charge in [0.2, 0.25) is 0 Å². The summed E-state index contributed by atoms with van der Waals surface area (Å²) in [4.78, 5) is 28.0. The van der Waals surface area contributed by atoms with Crippen LogP contribution < -0.4 is 10.5 Å². The molecular formula is C24H21ClN8O2. The Bertz CT molecular complexity index is 1650. The summed E-state index contributed by atoms with van der Waals surface area (Å²) < 4.78 is 3.19. The van der Waals surface area contributed by atoms with Crippen molar-refractivity contribution < 1.29 is 5.21 Å². The fraction of sp³-hybridized carbons (Fsp3) is 0.208. The van der Waals surface area contributed by atoms with E-state index in [0.29, 0.717) is 51.3 Å². The van der Waals surface area contributed by atoms with Gasteiger partial charge < -0.3 is 15.1 Å². The molecule has 4 aromatic heterocycles. The molecule has 1 saturated heterocycles. The van der Waals surface area contributed by atoms with E-state index in [0.717, 1.165) is 18.2 Å². The molecular weight excluding hydrogens is 468 g/mol. The van der Waals surface area contributed by atoms with Gasteiger partial charge in [0.1, 0.15) is 23.3 Å². The molecule has 0 amide bonds. The second kappa shape index (κ2) is 8.24. The van der Waals surface area contributed by atoms with Crippen LogP contribution in [0.5, 0.6) is 0 Å². The van der Waals surface area contributed by atoms with E-state index in [1.165, 1.54) is 6.33 Å². The summed E-state index contributed by atoms with van der Waals surface area (Å²) in [5.74, 6) is 1.28. The lowest BCUT2D eigenvalue weighted by atomic mass is 10.1. The number of benzene rings is 1. The zero-order chi connectivity index (χ0) is 24.1. The van der Waals surface area contributed by atoms with Crippen molar-refractivity contribution in [3.8, 4) is 5.69 Å². The van der Waals surface area contributed by atoms with E-state index in [1.807, 2.05) is 30.3 Å². The Hall–Kier alpha value is -4.18. The molecule has 1 fully saturated rings. The predicted octanol–water partition coefficient (Wildman–Crippen LogP) is 3.95. The van der Waals surface area contributed by atoms with Crippen molar-refractivity contribution in [2.24, 2.45) is 5.16 Å². The van der Waals surface area contributed by atoms with E-state index in [2.05, 4.69) is 25.0 Å². The highest BCUT2D eigenvalue weighted by Gasteiger charge is 2.34. The van der Waals surface area contributed by atoms with Gasteiger partial charge in [0.05, 0.1) is 27.8 Å². The molecule has 176 valence electrons. The van der Waals surface area contributed by atoms with Gasteiger partial charge in [-0.25, -0.2) is 14.5 Å². The highest BCUT2D eigenvalue weighted by molar-refractivity contribution is 6.33. The van der Waals surface area contributed by atoms with Crippen molar-refractivity contribution in [1.29, 1.82) is 0 Å². The summed E-state index contributed by atoms with van der Waals surface area (Å²) in [7, 11) is 0. The van der Waals surface area contributed by atoms with Crippen molar-refractivity contribution in [2.75, 3.05) is 11.4 Å². The van der Waals surface area contributed by atoms with Gasteiger partial charge in [-0.1, -0.05) is 35.0 Å². The van der Waals surface area contributed by atoms with Crippen molar-refractivity contribution in [3.05, 3.63) is 81.9 Å². The lowest BCUT2D eigenvalue weighted by molar-refractivity contribution is 0.319. The Morgan fingerprint density at radius 2 is 2.06 bits per heavy atom. The number of oxime groups is 1. The number of hydrogen-bond donors (Lipinski definition) is 2. The summed E-state index contributed by atoms with van der Waals surface area (Å²) in [6.45, 7) is 2.44. The molecule has 0 aliphatic carbocycles. The van der Waals surface area contributed by atoms with Gasteiger partial charge in [-0.15, -0.1) is 0 Å². The Kier molecular flexibility index (Phi) is 5.03. The van der Waals surface area contributed by atoms with Crippen LogP contribution >= 0.6 is 11.6 Å². The van der Waals surface area contributed by atoms with E-state index in [1.54, 1.807) is 34.5 Å². The number of aromatic amines is 1. The molecule has 11 heteroatoms. The SMILES string of the molecule is C/C(=N\O)c1c[nH]c2ncnc(N3CCC[C@H]3c3nn4ccc(Cl)c4c(=O)n3-c3ccccc3)c12. The molecule has 6 rings (SSSR count). The maximum atomic E-state index is 13.7. The number of nitrogens with one attached hydrogen (secondary N) is 1. The van der Waals surface area contributed by atoms with Gasteiger partial charge in [0.25, 0.3) is 5.56 Å². The molecule has 10 nitrogen and oxygen atoms in total. The average Bonchev–Trinajstić information content (AvgIpc) is 3.62. The minimum Gasteiger partial charge on any atom is -0.411 e. The number of para-hydroxylation sites is 1. The topological polar surface area (TPSA) is 117 Å². The molecule has 5 aromatic rings. The first-order valence-corrected chi connectivity index (χ1v) is 11.6. The van der Waals surface area contributed by atoms with Crippen LogP contribution in [0.2, 0.25) is 5.02 Å². The first-order valence-electron chi connectivity index (χ1n) is 11.2. The molecule has 5 heterocycles.